The van der Waals surface area contributed by atoms with Crippen molar-refractivity contribution in [2.45, 2.75) is 26.8 Å². The molecule has 0 saturated carbocycles. The van der Waals surface area contributed by atoms with Crippen molar-refractivity contribution in [2.75, 3.05) is 7.05 Å². The average Bonchev–Trinajstić information content (AvgIpc) is 2.53. The monoisotopic (exact) mass is 195 g/mol. The van der Waals surface area contributed by atoms with E-state index in [1.807, 2.05) is 25.0 Å². The highest BCUT2D eigenvalue weighted by molar-refractivity contribution is 5.11. The van der Waals surface area contributed by atoms with Crippen molar-refractivity contribution in [2.24, 2.45) is 18.9 Å². The van der Waals surface area contributed by atoms with Crippen LogP contribution in [0.2, 0.25) is 0 Å². The summed E-state index contributed by atoms with van der Waals surface area (Å²) >= 11 is 0. The third-order valence-electron chi connectivity index (χ3n) is 2.97. The first kappa shape index (κ1) is 11.2. The van der Waals surface area contributed by atoms with Crippen molar-refractivity contribution in [3.8, 4) is 0 Å². The van der Waals surface area contributed by atoms with Crippen LogP contribution in [0.15, 0.2) is 12.4 Å². The Labute approximate surface area is 86.5 Å². The van der Waals surface area contributed by atoms with Crippen molar-refractivity contribution in [1.29, 1.82) is 0 Å². The number of rotatable bonds is 4. The lowest BCUT2D eigenvalue weighted by molar-refractivity contribution is 0.317. The Morgan fingerprint density at radius 3 is 2.36 bits per heavy atom. The largest absolute Gasteiger partial charge is 0.313 e. The molecule has 0 amide bonds. The molecule has 1 heterocycles. The molecule has 0 aliphatic carbocycles. The van der Waals surface area contributed by atoms with Crippen molar-refractivity contribution >= 4 is 0 Å². The van der Waals surface area contributed by atoms with Crippen molar-refractivity contribution in [3.05, 3.63) is 18.0 Å². The molecule has 1 aromatic heterocycles. The maximum Gasteiger partial charge on any atom is 0.0537 e. The summed E-state index contributed by atoms with van der Waals surface area (Å²) in [6.07, 6.45) is 4.03. The highest BCUT2D eigenvalue weighted by atomic mass is 15.2. The molecule has 0 fully saturated rings. The van der Waals surface area contributed by atoms with Gasteiger partial charge in [0.2, 0.25) is 0 Å². The predicted molar refractivity (Wildman–Crippen MR) is 59.0 cm³/mol. The Kier molecular flexibility index (Phi) is 3.69. The zero-order chi connectivity index (χ0) is 10.7. The first-order valence-corrected chi connectivity index (χ1v) is 5.22. The predicted octanol–water partition coefficient (Wildman–Crippen LogP) is 1.97. The molecule has 0 saturated heterocycles. The van der Waals surface area contributed by atoms with Crippen LogP contribution in [0.3, 0.4) is 0 Å². The molecule has 0 bridgehead atoms. The van der Waals surface area contributed by atoms with Crippen LogP contribution in [-0.4, -0.2) is 16.8 Å². The van der Waals surface area contributed by atoms with Crippen LogP contribution in [0.1, 0.15) is 32.4 Å². The van der Waals surface area contributed by atoms with Gasteiger partial charge in [-0.15, -0.1) is 0 Å². The van der Waals surface area contributed by atoms with E-state index in [2.05, 4.69) is 37.4 Å². The molecule has 1 N–H and O–H groups in total. The van der Waals surface area contributed by atoms with Gasteiger partial charge in [0.1, 0.15) is 0 Å². The Bertz CT molecular complexity index is 278. The van der Waals surface area contributed by atoms with Gasteiger partial charge in [-0.25, -0.2) is 0 Å². The highest BCUT2D eigenvalue weighted by Crippen LogP contribution is 2.26. The molecule has 0 aliphatic rings. The molecule has 0 radical (unpaired) electrons. The van der Waals surface area contributed by atoms with E-state index >= 15 is 0 Å². The maximum atomic E-state index is 4.20. The molecule has 2 atom stereocenters. The average molecular weight is 195 g/mol. The van der Waals surface area contributed by atoms with Gasteiger partial charge in [-0.1, -0.05) is 20.8 Å². The summed E-state index contributed by atoms with van der Waals surface area (Å²) in [5.41, 5.74) is 1.27. The van der Waals surface area contributed by atoms with Gasteiger partial charge in [0.25, 0.3) is 0 Å². The van der Waals surface area contributed by atoms with E-state index in [4.69, 9.17) is 0 Å². The molecule has 1 rings (SSSR count). The molecule has 0 aromatic carbocycles. The van der Waals surface area contributed by atoms with E-state index in [1.54, 1.807) is 0 Å². The molecular weight excluding hydrogens is 174 g/mol. The highest BCUT2D eigenvalue weighted by Gasteiger charge is 2.21. The molecular formula is C11H21N3. The second-order valence-electron chi connectivity index (χ2n) is 4.32. The van der Waals surface area contributed by atoms with Gasteiger partial charge in [0.05, 0.1) is 6.20 Å². The summed E-state index contributed by atoms with van der Waals surface area (Å²) in [5, 5.41) is 7.56. The van der Waals surface area contributed by atoms with Gasteiger partial charge in [-0.05, 0) is 18.9 Å². The fraction of sp³-hybridized carbons (Fsp3) is 0.727. The van der Waals surface area contributed by atoms with Crippen molar-refractivity contribution in [3.63, 3.8) is 0 Å². The second kappa shape index (κ2) is 4.60. The van der Waals surface area contributed by atoms with E-state index in [-0.39, 0.29) is 0 Å². The summed E-state index contributed by atoms with van der Waals surface area (Å²) in [6.45, 7) is 6.79. The van der Waals surface area contributed by atoms with E-state index in [9.17, 15) is 0 Å². The van der Waals surface area contributed by atoms with Crippen molar-refractivity contribution < 1.29 is 0 Å². The summed E-state index contributed by atoms with van der Waals surface area (Å²) in [7, 11) is 3.97. The molecule has 1 aromatic rings. The first-order valence-electron chi connectivity index (χ1n) is 5.22. The van der Waals surface area contributed by atoms with E-state index < -0.39 is 0 Å². The Balaban J connectivity index is 2.81. The minimum Gasteiger partial charge on any atom is -0.313 e. The van der Waals surface area contributed by atoms with Gasteiger partial charge in [-0.3, -0.25) is 4.68 Å². The third-order valence-corrected chi connectivity index (χ3v) is 2.97. The number of aryl methyl sites for hydroxylation is 1. The van der Waals surface area contributed by atoms with E-state index in [1.165, 1.54) is 5.56 Å². The number of nitrogens with one attached hydrogen (secondary N) is 1. The summed E-state index contributed by atoms with van der Waals surface area (Å²) in [4.78, 5) is 0. The molecule has 3 heteroatoms. The third kappa shape index (κ3) is 2.35. The van der Waals surface area contributed by atoms with Crippen LogP contribution in [0, 0.1) is 11.8 Å². The second-order valence-corrected chi connectivity index (χ2v) is 4.32. The summed E-state index contributed by atoms with van der Waals surface area (Å²) in [5.74, 6) is 1.29. The van der Waals surface area contributed by atoms with Gasteiger partial charge >= 0.3 is 0 Å². The van der Waals surface area contributed by atoms with Crippen LogP contribution in [0.5, 0.6) is 0 Å². The van der Waals surface area contributed by atoms with Gasteiger partial charge in [0, 0.05) is 24.8 Å². The fourth-order valence-electron chi connectivity index (χ4n) is 1.72. The number of aromatic nitrogens is 2. The molecule has 3 nitrogen and oxygen atoms in total. The van der Waals surface area contributed by atoms with Crippen LogP contribution in [0.25, 0.3) is 0 Å². The topological polar surface area (TPSA) is 29.9 Å². The van der Waals surface area contributed by atoms with Gasteiger partial charge < -0.3 is 5.32 Å². The Morgan fingerprint density at radius 1 is 1.36 bits per heavy atom. The lowest BCUT2D eigenvalue weighted by Gasteiger charge is -2.25. The normalized spacial score (nSPS) is 15.9. The number of nitrogens with zero attached hydrogens (tertiary/aromatic N) is 2. The van der Waals surface area contributed by atoms with Crippen LogP contribution >= 0.6 is 0 Å². The molecule has 80 valence electrons. The van der Waals surface area contributed by atoms with Crippen LogP contribution < -0.4 is 5.32 Å². The first-order chi connectivity index (χ1) is 6.56. The van der Waals surface area contributed by atoms with Crippen molar-refractivity contribution in [1.82, 2.24) is 15.1 Å². The van der Waals surface area contributed by atoms with Gasteiger partial charge in [0.15, 0.2) is 0 Å². The van der Waals surface area contributed by atoms with Crippen LogP contribution in [0.4, 0.5) is 0 Å². The Morgan fingerprint density at radius 2 is 2.00 bits per heavy atom. The lowest BCUT2D eigenvalue weighted by atomic mass is 9.87. The SMILES string of the molecule is CNC(c1cnn(C)c1)C(C)C(C)C. The van der Waals surface area contributed by atoms with Gasteiger partial charge in [-0.2, -0.15) is 5.10 Å². The fourth-order valence-corrected chi connectivity index (χ4v) is 1.72. The van der Waals surface area contributed by atoms with E-state index in [0.29, 0.717) is 17.9 Å². The molecule has 14 heavy (non-hydrogen) atoms. The number of hydrogen-bond acceptors (Lipinski definition) is 2. The Hall–Kier alpha value is -0.830. The molecule has 0 spiro atoms. The summed E-state index contributed by atoms with van der Waals surface area (Å²) < 4.78 is 1.85. The lowest BCUT2D eigenvalue weighted by Crippen LogP contribution is -2.26. The number of hydrogen-bond donors (Lipinski definition) is 1. The summed E-state index contributed by atoms with van der Waals surface area (Å²) in [6, 6.07) is 0.406. The smallest absolute Gasteiger partial charge is 0.0537 e. The van der Waals surface area contributed by atoms with E-state index in [0.717, 1.165) is 0 Å². The minimum absolute atomic E-state index is 0.406. The molecule has 0 aliphatic heterocycles. The zero-order valence-corrected chi connectivity index (χ0v) is 9.78. The minimum atomic E-state index is 0.406. The maximum absolute atomic E-state index is 4.20. The zero-order valence-electron chi connectivity index (χ0n) is 9.78. The van der Waals surface area contributed by atoms with Crippen LogP contribution in [-0.2, 0) is 7.05 Å². The molecule has 2 unspecified atom stereocenters. The quantitative estimate of drug-likeness (QED) is 0.796. The standard InChI is InChI=1S/C11H21N3/c1-8(2)9(3)11(12-4)10-6-13-14(5)7-10/h6-9,11-12H,1-5H3.